The second-order valence-electron chi connectivity index (χ2n) is 5.26. The van der Waals surface area contributed by atoms with E-state index in [1.165, 1.54) is 18.2 Å². The summed E-state index contributed by atoms with van der Waals surface area (Å²) in [5.41, 5.74) is 0.920. The molecule has 7 nitrogen and oxygen atoms in total. The van der Waals surface area contributed by atoms with Gasteiger partial charge in [-0.25, -0.2) is 4.79 Å². The molecule has 0 aliphatic carbocycles. The Morgan fingerprint density at radius 3 is 2.56 bits per heavy atom. The zero-order chi connectivity index (χ0) is 18.4. The summed E-state index contributed by atoms with van der Waals surface area (Å²) in [6.45, 7) is 0.245. The Balaban J connectivity index is 2.11. The number of alkyl halides is 1. The molecule has 1 unspecified atom stereocenters. The van der Waals surface area contributed by atoms with Gasteiger partial charge in [0.15, 0.2) is 0 Å². The number of carbonyl (C=O) groups excluding carboxylic acids is 1. The predicted molar refractivity (Wildman–Crippen MR) is 94.7 cm³/mol. The van der Waals surface area contributed by atoms with E-state index in [1.807, 2.05) is 0 Å². The summed E-state index contributed by atoms with van der Waals surface area (Å²) in [6, 6.07) is 10.4. The van der Waals surface area contributed by atoms with Crippen molar-refractivity contribution in [1.29, 1.82) is 0 Å². The maximum absolute atomic E-state index is 12.3. The zero-order valence-corrected chi connectivity index (χ0v) is 13.8. The molecule has 0 aromatic heterocycles. The van der Waals surface area contributed by atoms with Crippen LogP contribution in [-0.4, -0.2) is 45.7 Å². The maximum atomic E-state index is 12.3. The van der Waals surface area contributed by atoms with Crippen LogP contribution in [0.2, 0.25) is 0 Å². The lowest BCUT2D eigenvalue weighted by molar-refractivity contribution is 0.0693. The summed E-state index contributed by atoms with van der Waals surface area (Å²) in [6.07, 6.45) is -0.703. The fraction of sp³-hybridized carbons (Fsp3) is 0.176. The van der Waals surface area contributed by atoms with E-state index < -0.39 is 18.0 Å². The molecule has 2 rings (SSSR count). The molecule has 2 aromatic carbocycles. The Kier molecular flexibility index (Phi) is 6.21. The number of hydrogen-bond acceptors (Lipinski definition) is 5. The summed E-state index contributed by atoms with van der Waals surface area (Å²) in [5, 5.41) is 33.5. The highest BCUT2D eigenvalue weighted by molar-refractivity contribution is 6.18. The number of hydrogen-bond donors (Lipinski definition) is 5. The largest absolute Gasteiger partial charge is 0.507 e. The van der Waals surface area contributed by atoms with Crippen LogP contribution in [0, 0.1) is 0 Å². The van der Waals surface area contributed by atoms with Crippen LogP contribution in [0.5, 0.6) is 5.75 Å². The van der Waals surface area contributed by atoms with Crippen molar-refractivity contribution in [2.24, 2.45) is 0 Å². The number of halogens is 1. The smallest absolute Gasteiger partial charge is 0.339 e. The molecule has 0 aliphatic heterocycles. The third-order valence-electron chi connectivity index (χ3n) is 3.33. The van der Waals surface area contributed by atoms with Crippen LogP contribution in [0.15, 0.2) is 42.5 Å². The average Bonchev–Trinajstić information content (AvgIpc) is 2.61. The van der Waals surface area contributed by atoms with E-state index in [0.29, 0.717) is 11.3 Å². The molecule has 0 fully saturated rings. The fourth-order valence-corrected chi connectivity index (χ4v) is 2.16. The van der Waals surface area contributed by atoms with E-state index in [1.54, 1.807) is 24.3 Å². The Hall–Kier alpha value is -2.77. The standard InChI is InChI=1S/C17H17ClN2O5/c18-8-13(21)9-19-11-3-1-2-10(6-11)16(23)20-12-4-5-15(22)14(7-12)17(24)25/h1-7,13,19,21-22H,8-9H2,(H,20,23)(H,24,25). The van der Waals surface area contributed by atoms with E-state index in [9.17, 15) is 19.8 Å². The van der Waals surface area contributed by atoms with Crippen molar-refractivity contribution < 1.29 is 24.9 Å². The van der Waals surface area contributed by atoms with Gasteiger partial charge in [0.2, 0.25) is 0 Å². The van der Waals surface area contributed by atoms with Gasteiger partial charge >= 0.3 is 5.97 Å². The maximum Gasteiger partial charge on any atom is 0.339 e. The van der Waals surface area contributed by atoms with Crippen molar-refractivity contribution in [1.82, 2.24) is 0 Å². The highest BCUT2D eigenvalue weighted by Gasteiger charge is 2.13. The van der Waals surface area contributed by atoms with Gasteiger partial charge in [-0.2, -0.15) is 0 Å². The third kappa shape index (κ3) is 5.10. The molecule has 0 saturated heterocycles. The number of carboxylic acid groups (broad SMARTS) is 1. The van der Waals surface area contributed by atoms with Gasteiger partial charge in [0.1, 0.15) is 11.3 Å². The number of benzene rings is 2. The number of carboxylic acids is 1. The number of amides is 1. The first-order chi connectivity index (χ1) is 11.9. The molecule has 25 heavy (non-hydrogen) atoms. The number of aromatic hydroxyl groups is 1. The van der Waals surface area contributed by atoms with Crippen LogP contribution in [0.3, 0.4) is 0 Å². The summed E-state index contributed by atoms with van der Waals surface area (Å²) < 4.78 is 0. The number of phenols is 1. The molecule has 5 N–H and O–H groups in total. The molecule has 0 heterocycles. The minimum atomic E-state index is -1.29. The van der Waals surface area contributed by atoms with Crippen molar-refractivity contribution in [3.8, 4) is 5.75 Å². The van der Waals surface area contributed by atoms with Crippen LogP contribution in [0.4, 0.5) is 11.4 Å². The van der Waals surface area contributed by atoms with Crippen molar-refractivity contribution in [2.45, 2.75) is 6.10 Å². The molecule has 0 bridgehead atoms. The van der Waals surface area contributed by atoms with E-state index >= 15 is 0 Å². The van der Waals surface area contributed by atoms with Crippen molar-refractivity contribution in [3.05, 3.63) is 53.6 Å². The van der Waals surface area contributed by atoms with E-state index in [-0.39, 0.29) is 29.4 Å². The third-order valence-corrected chi connectivity index (χ3v) is 3.69. The highest BCUT2D eigenvalue weighted by Crippen LogP contribution is 2.22. The topological polar surface area (TPSA) is 119 Å². The minimum Gasteiger partial charge on any atom is -0.507 e. The molecule has 0 spiro atoms. The molecule has 1 atom stereocenters. The van der Waals surface area contributed by atoms with Gasteiger partial charge in [-0.15, -0.1) is 11.6 Å². The molecule has 132 valence electrons. The Labute approximate surface area is 148 Å². The first-order valence-electron chi connectivity index (χ1n) is 7.36. The first-order valence-corrected chi connectivity index (χ1v) is 7.89. The van der Waals surface area contributed by atoms with Gasteiger partial charge < -0.3 is 26.0 Å². The second-order valence-corrected chi connectivity index (χ2v) is 5.57. The lowest BCUT2D eigenvalue weighted by atomic mass is 10.1. The quantitative estimate of drug-likeness (QED) is 0.380. The number of aliphatic hydroxyl groups is 1. The number of rotatable bonds is 7. The minimum absolute atomic E-state index is 0.0972. The van der Waals surface area contributed by atoms with Crippen LogP contribution in [0.1, 0.15) is 20.7 Å². The first kappa shape index (κ1) is 18.6. The Morgan fingerprint density at radius 1 is 1.12 bits per heavy atom. The van der Waals surface area contributed by atoms with Gasteiger partial charge in [0.05, 0.1) is 12.0 Å². The molecule has 8 heteroatoms. The van der Waals surface area contributed by atoms with Crippen LogP contribution >= 0.6 is 11.6 Å². The number of aromatic carboxylic acids is 1. The molecule has 2 aromatic rings. The molecule has 0 saturated carbocycles. The molecule has 0 aliphatic rings. The van der Waals surface area contributed by atoms with Crippen LogP contribution in [-0.2, 0) is 0 Å². The highest BCUT2D eigenvalue weighted by atomic mass is 35.5. The van der Waals surface area contributed by atoms with E-state index in [0.717, 1.165) is 0 Å². The fourth-order valence-electron chi connectivity index (χ4n) is 2.05. The number of nitrogens with one attached hydrogen (secondary N) is 2. The summed E-state index contributed by atoms with van der Waals surface area (Å²) in [4.78, 5) is 23.3. The van der Waals surface area contributed by atoms with E-state index in [2.05, 4.69) is 10.6 Å². The zero-order valence-electron chi connectivity index (χ0n) is 13.1. The lowest BCUT2D eigenvalue weighted by Crippen LogP contribution is -2.21. The van der Waals surface area contributed by atoms with Crippen molar-refractivity contribution in [3.63, 3.8) is 0 Å². The number of anilines is 2. The van der Waals surface area contributed by atoms with Crippen molar-refractivity contribution >= 4 is 34.9 Å². The van der Waals surface area contributed by atoms with Crippen LogP contribution < -0.4 is 10.6 Å². The Bertz CT molecular complexity index is 781. The summed E-state index contributed by atoms with van der Waals surface area (Å²) >= 11 is 5.52. The predicted octanol–water partition coefficient (Wildman–Crippen LogP) is 2.35. The Morgan fingerprint density at radius 2 is 1.88 bits per heavy atom. The average molecular weight is 365 g/mol. The summed E-state index contributed by atoms with van der Waals surface area (Å²) in [7, 11) is 0. The summed E-state index contributed by atoms with van der Waals surface area (Å²) in [5.74, 6) is -2.02. The number of carbonyl (C=O) groups is 2. The second kappa shape index (κ2) is 8.36. The SMILES string of the molecule is O=C(Nc1ccc(O)c(C(=O)O)c1)c1cccc(NCC(O)CCl)c1. The normalized spacial score (nSPS) is 11.6. The van der Waals surface area contributed by atoms with Gasteiger partial charge in [-0.3, -0.25) is 4.79 Å². The molecule has 0 radical (unpaired) electrons. The van der Waals surface area contributed by atoms with Gasteiger partial charge in [-0.05, 0) is 36.4 Å². The van der Waals surface area contributed by atoms with Gasteiger partial charge in [0, 0.05) is 23.5 Å². The monoisotopic (exact) mass is 364 g/mol. The van der Waals surface area contributed by atoms with E-state index in [4.69, 9.17) is 16.7 Å². The lowest BCUT2D eigenvalue weighted by Gasteiger charge is -2.11. The van der Waals surface area contributed by atoms with Gasteiger partial charge in [0.25, 0.3) is 5.91 Å². The van der Waals surface area contributed by atoms with Crippen molar-refractivity contribution in [2.75, 3.05) is 23.1 Å². The number of aliphatic hydroxyl groups excluding tert-OH is 1. The van der Waals surface area contributed by atoms with Crippen LogP contribution in [0.25, 0.3) is 0 Å². The molecule has 1 amide bonds. The molecular formula is C17H17ClN2O5. The molecular weight excluding hydrogens is 348 g/mol. The van der Waals surface area contributed by atoms with Gasteiger partial charge in [-0.1, -0.05) is 6.07 Å².